The molecule has 35 heavy (non-hydrogen) atoms. The van der Waals surface area contributed by atoms with Crippen LogP contribution in [-0.2, 0) is 23.1 Å². The second kappa shape index (κ2) is 8.68. The Bertz CT molecular complexity index is 1210. The number of methoxy groups -OCH3 is 2. The number of fused-ring (bicyclic) bond motifs is 5. The highest BCUT2D eigenvalue weighted by Crippen LogP contribution is 2.65. The van der Waals surface area contributed by atoms with Gasteiger partial charge in [-0.05, 0) is 103 Å². The first-order chi connectivity index (χ1) is 16.5. The molecule has 5 atom stereocenters. The predicted molar refractivity (Wildman–Crippen MR) is 133 cm³/mol. The Kier molecular flexibility index (Phi) is 6.05. The van der Waals surface area contributed by atoms with Crippen molar-refractivity contribution in [3.63, 3.8) is 0 Å². The van der Waals surface area contributed by atoms with Crippen LogP contribution in [0.15, 0.2) is 36.4 Å². The van der Waals surface area contributed by atoms with Gasteiger partial charge in [-0.1, -0.05) is 13.0 Å². The van der Waals surface area contributed by atoms with E-state index in [1.807, 2.05) is 30.3 Å². The van der Waals surface area contributed by atoms with Gasteiger partial charge in [0.25, 0.3) is 0 Å². The largest absolute Gasteiger partial charge is 0.497 e. The van der Waals surface area contributed by atoms with Gasteiger partial charge >= 0.3 is 10.3 Å². The Hall–Kier alpha value is -2.29. The van der Waals surface area contributed by atoms with E-state index in [4.69, 9.17) is 18.8 Å². The average Bonchev–Trinajstić information content (AvgIpc) is 3.07. The molecule has 0 spiro atoms. The number of rotatable bonds is 6. The summed E-state index contributed by atoms with van der Waals surface area (Å²) in [6.45, 7) is 2.29. The SMILES string of the molecule is COc1cc(C[C@]2(O)CC[C@H]3[C@@H]4CCc5cc(OS(N)(=O)=O)ccc5[C@H]4CC[C@@]32C)cc(OC)c1. The summed E-state index contributed by atoms with van der Waals surface area (Å²) in [5.74, 6) is 3.10. The Labute approximate surface area is 207 Å². The van der Waals surface area contributed by atoms with E-state index in [0.717, 1.165) is 61.2 Å². The lowest BCUT2D eigenvalue weighted by Gasteiger charge is -2.53. The molecule has 8 heteroatoms. The smallest absolute Gasteiger partial charge is 0.380 e. The lowest BCUT2D eigenvalue weighted by atomic mass is 9.53. The molecule has 0 bridgehead atoms. The lowest BCUT2D eigenvalue weighted by molar-refractivity contribution is -0.102. The Balaban J connectivity index is 1.40. The molecule has 2 aromatic carbocycles. The van der Waals surface area contributed by atoms with E-state index in [1.54, 1.807) is 20.3 Å². The van der Waals surface area contributed by atoms with Crippen LogP contribution in [0.25, 0.3) is 0 Å². The van der Waals surface area contributed by atoms with Gasteiger partial charge in [-0.2, -0.15) is 13.6 Å². The molecule has 0 aliphatic heterocycles. The molecular weight excluding hydrogens is 466 g/mol. The minimum Gasteiger partial charge on any atom is -0.497 e. The molecule has 2 aromatic rings. The molecule has 5 rings (SSSR count). The zero-order chi connectivity index (χ0) is 25.0. The van der Waals surface area contributed by atoms with Crippen LogP contribution in [0.5, 0.6) is 17.2 Å². The molecule has 7 nitrogen and oxygen atoms in total. The quantitative estimate of drug-likeness (QED) is 0.617. The standard InChI is InChI=1S/C27H35NO6S/c1-26-10-8-23-22-7-5-19(34-35(28,30)31)14-18(22)4-6-24(23)25(26)9-11-27(26,29)16-17-12-20(32-2)15-21(13-17)33-3/h5,7,12-15,23-25,29H,4,6,8-11,16H2,1-3H3,(H2,28,30,31)/t23-,24-,25+,26+,27-/m1/s1. The average molecular weight is 502 g/mol. The third-order valence-electron chi connectivity index (χ3n) is 9.14. The van der Waals surface area contributed by atoms with E-state index in [9.17, 15) is 13.5 Å². The first-order valence-electron chi connectivity index (χ1n) is 12.3. The zero-order valence-electron chi connectivity index (χ0n) is 20.6. The predicted octanol–water partition coefficient (Wildman–Crippen LogP) is 4.12. The maximum absolute atomic E-state index is 12.1. The highest BCUT2D eigenvalue weighted by atomic mass is 32.2. The van der Waals surface area contributed by atoms with Crippen molar-refractivity contribution in [3.05, 3.63) is 53.1 Å². The van der Waals surface area contributed by atoms with Crippen molar-refractivity contribution in [3.8, 4) is 17.2 Å². The van der Waals surface area contributed by atoms with Crippen LogP contribution >= 0.6 is 0 Å². The van der Waals surface area contributed by atoms with Gasteiger partial charge in [0.1, 0.15) is 17.2 Å². The maximum Gasteiger partial charge on any atom is 0.380 e. The minimum absolute atomic E-state index is 0.168. The van der Waals surface area contributed by atoms with Crippen molar-refractivity contribution in [2.24, 2.45) is 22.4 Å². The van der Waals surface area contributed by atoms with E-state index in [1.165, 1.54) is 5.56 Å². The van der Waals surface area contributed by atoms with Crippen LogP contribution in [0, 0.1) is 17.3 Å². The second-order valence-corrected chi connectivity index (χ2v) is 11.9. The van der Waals surface area contributed by atoms with Gasteiger partial charge in [-0.15, -0.1) is 0 Å². The normalized spacial score (nSPS) is 31.7. The maximum atomic E-state index is 12.1. The molecule has 0 aromatic heterocycles. The van der Waals surface area contributed by atoms with Crippen molar-refractivity contribution < 1.29 is 27.2 Å². The highest BCUT2D eigenvalue weighted by molar-refractivity contribution is 7.84. The Morgan fingerprint density at radius 3 is 2.37 bits per heavy atom. The van der Waals surface area contributed by atoms with Crippen molar-refractivity contribution in [1.82, 2.24) is 0 Å². The van der Waals surface area contributed by atoms with E-state index in [0.29, 0.717) is 24.2 Å². The van der Waals surface area contributed by atoms with Gasteiger partial charge in [-0.25, -0.2) is 0 Å². The number of hydrogen-bond acceptors (Lipinski definition) is 6. The fraction of sp³-hybridized carbons (Fsp3) is 0.556. The Morgan fingerprint density at radius 2 is 1.71 bits per heavy atom. The van der Waals surface area contributed by atoms with Gasteiger partial charge in [-0.3, -0.25) is 0 Å². The first kappa shape index (κ1) is 24.4. The van der Waals surface area contributed by atoms with E-state index >= 15 is 0 Å². The monoisotopic (exact) mass is 501 g/mol. The van der Waals surface area contributed by atoms with Crippen molar-refractivity contribution in [2.75, 3.05) is 14.2 Å². The number of aryl methyl sites for hydroxylation is 1. The van der Waals surface area contributed by atoms with Gasteiger partial charge < -0.3 is 18.8 Å². The molecule has 0 radical (unpaired) electrons. The van der Waals surface area contributed by atoms with Crippen LogP contribution in [0.2, 0.25) is 0 Å². The summed E-state index contributed by atoms with van der Waals surface area (Å²) in [6.07, 6.45) is 6.23. The second-order valence-electron chi connectivity index (χ2n) is 10.8. The minimum atomic E-state index is -4.04. The van der Waals surface area contributed by atoms with Gasteiger partial charge in [0.2, 0.25) is 0 Å². The third kappa shape index (κ3) is 4.30. The molecule has 3 N–H and O–H groups in total. The fourth-order valence-corrected chi connectivity index (χ4v) is 7.82. The summed E-state index contributed by atoms with van der Waals surface area (Å²) >= 11 is 0. The summed E-state index contributed by atoms with van der Waals surface area (Å²) in [5, 5.41) is 17.1. The molecule has 190 valence electrons. The van der Waals surface area contributed by atoms with E-state index < -0.39 is 15.9 Å². The summed E-state index contributed by atoms with van der Waals surface area (Å²) < 4.78 is 38.5. The van der Waals surface area contributed by atoms with Gasteiger partial charge in [0.05, 0.1) is 19.8 Å². The molecule has 3 aliphatic rings. The van der Waals surface area contributed by atoms with Crippen molar-refractivity contribution >= 4 is 10.3 Å². The highest BCUT2D eigenvalue weighted by Gasteiger charge is 2.61. The molecule has 2 fully saturated rings. The van der Waals surface area contributed by atoms with Crippen LogP contribution in [0.1, 0.15) is 61.6 Å². The van der Waals surface area contributed by atoms with Gasteiger partial charge in [0, 0.05) is 12.5 Å². The summed E-state index contributed by atoms with van der Waals surface area (Å²) in [5.41, 5.74) is 2.52. The van der Waals surface area contributed by atoms with E-state index in [-0.39, 0.29) is 11.2 Å². The number of aliphatic hydroxyl groups is 1. The number of benzene rings is 2. The summed E-state index contributed by atoms with van der Waals surface area (Å²) in [6, 6.07) is 11.4. The molecular formula is C27H35NO6S. The Morgan fingerprint density at radius 1 is 1.00 bits per heavy atom. The van der Waals surface area contributed by atoms with Crippen molar-refractivity contribution in [2.45, 2.75) is 63.4 Å². The topological polar surface area (TPSA) is 108 Å². The molecule has 0 heterocycles. The van der Waals surface area contributed by atoms with E-state index in [2.05, 4.69) is 6.92 Å². The number of ether oxygens (including phenoxy) is 2. The number of nitrogens with two attached hydrogens (primary N) is 1. The van der Waals surface area contributed by atoms with Crippen LogP contribution < -0.4 is 18.8 Å². The molecule has 3 aliphatic carbocycles. The molecule has 0 unspecified atom stereocenters. The number of hydrogen-bond donors (Lipinski definition) is 2. The fourth-order valence-electron chi connectivity index (χ4n) is 7.45. The van der Waals surface area contributed by atoms with Crippen LogP contribution in [-0.4, -0.2) is 33.3 Å². The zero-order valence-corrected chi connectivity index (χ0v) is 21.4. The third-order valence-corrected chi connectivity index (χ3v) is 9.56. The molecule has 0 amide bonds. The van der Waals surface area contributed by atoms with Crippen LogP contribution in [0.3, 0.4) is 0 Å². The molecule has 0 saturated heterocycles. The van der Waals surface area contributed by atoms with Crippen LogP contribution in [0.4, 0.5) is 0 Å². The first-order valence-corrected chi connectivity index (χ1v) is 13.8. The van der Waals surface area contributed by atoms with Crippen molar-refractivity contribution in [1.29, 1.82) is 0 Å². The summed E-state index contributed by atoms with van der Waals surface area (Å²) in [4.78, 5) is 0. The molecule has 2 saturated carbocycles. The lowest BCUT2D eigenvalue weighted by Crippen LogP contribution is -2.51. The van der Waals surface area contributed by atoms with Gasteiger partial charge in [0.15, 0.2) is 0 Å². The summed E-state index contributed by atoms with van der Waals surface area (Å²) in [7, 11) is -0.748.